The van der Waals surface area contributed by atoms with Crippen LogP contribution in [0.15, 0.2) is 48.7 Å². The molecule has 0 N–H and O–H groups in total. The molecule has 0 spiro atoms. The normalized spacial score (nSPS) is 25.0. The summed E-state index contributed by atoms with van der Waals surface area (Å²) in [7, 11) is 0. The Balaban J connectivity index is 1.23. The predicted molar refractivity (Wildman–Crippen MR) is 138 cm³/mol. The number of allylic oxidation sites excluding steroid dienone is 1. The largest absolute Gasteiger partial charge is 0.493 e. The summed E-state index contributed by atoms with van der Waals surface area (Å²) in [5.41, 5.74) is 1.92. The van der Waals surface area contributed by atoms with Crippen LogP contribution in [0.4, 0.5) is 8.78 Å². The molecular weight excluding hydrogens is 442 g/mol. The van der Waals surface area contributed by atoms with Gasteiger partial charge in [0.15, 0.2) is 11.6 Å². The Morgan fingerprint density at radius 1 is 0.800 bits per heavy atom. The van der Waals surface area contributed by atoms with Crippen LogP contribution in [0.25, 0.3) is 0 Å². The van der Waals surface area contributed by atoms with E-state index in [1.54, 1.807) is 19.1 Å². The second-order valence-corrected chi connectivity index (χ2v) is 10.5. The summed E-state index contributed by atoms with van der Waals surface area (Å²) in [6.45, 7) is 4.74. The van der Waals surface area contributed by atoms with Crippen LogP contribution in [-0.4, -0.2) is 6.61 Å². The molecule has 0 heterocycles. The summed E-state index contributed by atoms with van der Waals surface area (Å²) in [5, 5.41) is 0. The van der Waals surface area contributed by atoms with Crippen LogP contribution in [0.2, 0.25) is 0 Å². The van der Waals surface area contributed by atoms with E-state index in [0.717, 1.165) is 37.4 Å². The number of rotatable bonds is 9. The fourth-order valence-electron chi connectivity index (χ4n) is 5.98. The fourth-order valence-corrected chi connectivity index (χ4v) is 5.98. The third-order valence-electron chi connectivity index (χ3n) is 8.08. The molecule has 0 unspecified atom stereocenters. The van der Waals surface area contributed by atoms with E-state index in [1.807, 2.05) is 0 Å². The van der Waals surface area contributed by atoms with Crippen molar-refractivity contribution in [3.05, 3.63) is 71.5 Å². The highest BCUT2D eigenvalue weighted by Gasteiger charge is 2.27. The van der Waals surface area contributed by atoms with Crippen LogP contribution in [0.3, 0.4) is 0 Å². The van der Waals surface area contributed by atoms with E-state index in [0.29, 0.717) is 24.0 Å². The molecular formula is C31H40F2O2. The molecule has 0 radical (unpaired) electrons. The monoisotopic (exact) mass is 482 g/mol. The molecule has 190 valence electrons. The molecule has 0 atom stereocenters. The van der Waals surface area contributed by atoms with Gasteiger partial charge in [0.2, 0.25) is 5.82 Å². The van der Waals surface area contributed by atoms with Crippen molar-refractivity contribution in [1.82, 2.24) is 0 Å². The van der Waals surface area contributed by atoms with Gasteiger partial charge >= 0.3 is 0 Å². The standard InChI is InChI=1S/C31H40F2O2/c1-3-5-22-6-10-24(11-7-22)25-14-16-27(17-15-25)35-21-23-8-12-26(13-9-23)28-18-19-29(34-20-4-2)31(33)30(28)32/h4,14-20,22-24,26H,3,5-13,21H2,1-2H3. The van der Waals surface area contributed by atoms with Crippen molar-refractivity contribution in [3.8, 4) is 11.5 Å². The van der Waals surface area contributed by atoms with Gasteiger partial charge in [-0.15, -0.1) is 0 Å². The number of hydrogen-bond acceptors (Lipinski definition) is 2. The summed E-state index contributed by atoms with van der Waals surface area (Å²) in [5.74, 6) is 1.31. The van der Waals surface area contributed by atoms with Gasteiger partial charge in [-0.05, 0) is 111 Å². The molecule has 0 aromatic heterocycles. The molecule has 0 aliphatic heterocycles. The van der Waals surface area contributed by atoms with Crippen molar-refractivity contribution < 1.29 is 18.3 Å². The zero-order valence-corrected chi connectivity index (χ0v) is 21.3. The van der Waals surface area contributed by atoms with Crippen LogP contribution in [0.5, 0.6) is 11.5 Å². The highest BCUT2D eigenvalue weighted by atomic mass is 19.2. The first-order valence-electron chi connectivity index (χ1n) is 13.6. The van der Waals surface area contributed by atoms with Gasteiger partial charge in [-0.1, -0.05) is 44.0 Å². The summed E-state index contributed by atoms with van der Waals surface area (Å²) in [6.07, 6.45) is 14.6. The molecule has 35 heavy (non-hydrogen) atoms. The molecule has 4 heteroatoms. The van der Waals surface area contributed by atoms with Gasteiger partial charge in [-0.2, -0.15) is 4.39 Å². The quantitative estimate of drug-likeness (QED) is 0.332. The first-order valence-corrected chi connectivity index (χ1v) is 13.6. The third-order valence-corrected chi connectivity index (χ3v) is 8.08. The second-order valence-electron chi connectivity index (χ2n) is 10.5. The van der Waals surface area contributed by atoms with Crippen molar-refractivity contribution in [2.24, 2.45) is 11.8 Å². The van der Waals surface area contributed by atoms with Crippen molar-refractivity contribution in [2.45, 2.75) is 89.9 Å². The van der Waals surface area contributed by atoms with Gasteiger partial charge in [0, 0.05) is 0 Å². The zero-order chi connectivity index (χ0) is 24.6. The number of ether oxygens (including phenoxy) is 2. The Morgan fingerprint density at radius 2 is 1.46 bits per heavy atom. The maximum absolute atomic E-state index is 14.7. The Labute approximate surface area is 209 Å². The van der Waals surface area contributed by atoms with Gasteiger partial charge < -0.3 is 9.47 Å². The molecule has 2 aliphatic carbocycles. The van der Waals surface area contributed by atoms with Crippen molar-refractivity contribution >= 4 is 0 Å². The minimum absolute atomic E-state index is 0.0446. The average molecular weight is 483 g/mol. The molecule has 2 nitrogen and oxygen atoms in total. The zero-order valence-electron chi connectivity index (χ0n) is 21.3. The summed E-state index contributed by atoms with van der Waals surface area (Å²) in [6, 6.07) is 11.9. The van der Waals surface area contributed by atoms with Crippen molar-refractivity contribution in [1.29, 1.82) is 0 Å². The van der Waals surface area contributed by atoms with Crippen molar-refractivity contribution in [3.63, 3.8) is 0 Å². The summed E-state index contributed by atoms with van der Waals surface area (Å²) < 4.78 is 40.3. The van der Waals surface area contributed by atoms with Crippen LogP contribution in [0.1, 0.15) is 101 Å². The van der Waals surface area contributed by atoms with Crippen molar-refractivity contribution in [2.75, 3.05) is 6.61 Å². The van der Waals surface area contributed by atoms with Gasteiger partial charge in [-0.25, -0.2) is 4.39 Å². The SMILES string of the molecule is CC=COc1ccc(C2CCC(COc3ccc(C4CCC(CCC)CC4)cc3)CC2)c(F)c1F. The molecule has 2 aliphatic rings. The molecule has 2 saturated carbocycles. The Hall–Kier alpha value is -2.36. The number of benzene rings is 2. The molecule has 2 fully saturated rings. The predicted octanol–water partition coefficient (Wildman–Crippen LogP) is 9.30. The first kappa shape index (κ1) is 25.7. The summed E-state index contributed by atoms with van der Waals surface area (Å²) >= 11 is 0. The van der Waals surface area contributed by atoms with E-state index < -0.39 is 11.6 Å². The van der Waals surface area contributed by atoms with Gasteiger partial charge in [0.25, 0.3) is 0 Å². The lowest BCUT2D eigenvalue weighted by molar-refractivity contribution is 0.198. The number of hydrogen-bond donors (Lipinski definition) is 0. The van der Waals surface area contributed by atoms with Crippen LogP contribution < -0.4 is 9.47 Å². The third kappa shape index (κ3) is 6.65. The average Bonchev–Trinajstić information content (AvgIpc) is 2.90. The highest BCUT2D eigenvalue weighted by Crippen LogP contribution is 2.40. The minimum atomic E-state index is -0.900. The molecule has 4 rings (SSSR count). The van der Waals surface area contributed by atoms with Gasteiger partial charge in [0.1, 0.15) is 5.75 Å². The van der Waals surface area contributed by atoms with E-state index in [9.17, 15) is 8.78 Å². The van der Waals surface area contributed by atoms with E-state index in [2.05, 4.69) is 31.2 Å². The smallest absolute Gasteiger partial charge is 0.201 e. The molecule has 0 bridgehead atoms. The maximum Gasteiger partial charge on any atom is 0.201 e. The summed E-state index contributed by atoms with van der Waals surface area (Å²) in [4.78, 5) is 0. The molecule has 2 aromatic rings. The second kappa shape index (κ2) is 12.6. The van der Waals surface area contributed by atoms with Crippen LogP contribution in [-0.2, 0) is 0 Å². The van der Waals surface area contributed by atoms with Gasteiger partial charge in [-0.3, -0.25) is 0 Å². The highest BCUT2D eigenvalue weighted by molar-refractivity contribution is 5.34. The maximum atomic E-state index is 14.7. The molecule has 2 aromatic carbocycles. The molecule has 0 amide bonds. The van der Waals surface area contributed by atoms with E-state index in [4.69, 9.17) is 9.47 Å². The Bertz CT molecular complexity index is 953. The molecule has 0 saturated heterocycles. The topological polar surface area (TPSA) is 18.5 Å². The Morgan fingerprint density at radius 3 is 2.11 bits per heavy atom. The van der Waals surface area contributed by atoms with E-state index in [-0.39, 0.29) is 11.7 Å². The van der Waals surface area contributed by atoms with Crippen LogP contribution in [0, 0.1) is 23.5 Å². The van der Waals surface area contributed by atoms with Crippen LogP contribution >= 0.6 is 0 Å². The lowest BCUT2D eigenvalue weighted by Gasteiger charge is -2.29. The number of halogens is 2. The van der Waals surface area contributed by atoms with E-state index >= 15 is 0 Å². The lowest BCUT2D eigenvalue weighted by atomic mass is 9.77. The van der Waals surface area contributed by atoms with E-state index in [1.165, 1.54) is 56.4 Å². The van der Waals surface area contributed by atoms with Gasteiger partial charge in [0.05, 0.1) is 12.9 Å². The first-order chi connectivity index (χ1) is 17.1. The fraction of sp³-hybridized carbons (Fsp3) is 0.548. The lowest BCUT2D eigenvalue weighted by Crippen LogP contribution is -2.20. The Kier molecular flexibility index (Phi) is 9.23. The minimum Gasteiger partial charge on any atom is -0.493 e.